The quantitative estimate of drug-likeness (QED) is 0.802. The number of nitrogens with zero attached hydrogens (tertiary/aromatic N) is 1. The highest BCUT2D eigenvalue weighted by atomic mass is 16.6. The van der Waals surface area contributed by atoms with Gasteiger partial charge in [0.2, 0.25) is 11.8 Å². The summed E-state index contributed by atoms with van der Waals surface area (Å²) in [4.78, 5) is 27.8. The molecule has 6 nitrogen and oxygen atoms in total. The average molecular weight is 415 g/mol. The molecule has 0 atom stereocenters. The fourth-order valence-corrected chi connectivity index (χ4v) is 5.04. The summed E-state index contributed by atoms with van der Waals surface area (Å²) in [6, 6.07) is 6.11. The molecular formula is C24H34N2O4. The Bertz CT molecular complexity index is 777. The molecule has 1 aliphatic carbocycles. The maximum Gasteiger partial charge on any atom is 0.230 e. The summed E-state index contributed by atoms with van der Waals surface area (Å²) in [6.45, 7) is 6.72. The normalized spacial score (nSPS) is 21.0. The van der Waals surface area contributed by atoms with E-state index in [9.17, 15) is 9.59 Å². The molecule has 1 N–H and O–H groups in total. The van der Waals surface area contributed by atoms with Crippen molar-refractivity contribution in [3.63, 3.8) is 0 Å². The van der Waals surface area contributed by atoms with E-state index in [0.29, 0.717) is 25.6 Å². The molecule has 1 aromatic rings. The summed E-state index contributed by atoms with van der Waals surface area (Å²) in [6.07, 6.45) is 6.10. The summed E-state index contributed by atoms with van der Waals surface area (Å²) in [5, 5.41) is 3.33. The maximum absolute atomic E-state index is 13.5. The van der Waals surface area contributed by atoms with Crippen LogP contribution < -0.4 is 14.8 Å². The first-order valence-electron chi connectivity index (χ1n) is 11.5. The van der Waals surface area contributed by atoms with Crippen LogP contribution in [-0.4, -0.2) is 49.1 Å². The number of amides is 2. The number of carbonyl (C=O) groups is 2. The number of likely N-dealkylation sites (tertiary alicyclic amines) is 1. The highest BCUT2D eigenvalue weighted by Crippen LogP contribution is 2.44. The van der Waals surface area contributed by atoms with Gasteiger partial charge in [0.05, 0.1) is 5.41 Å². The van der Waals surface area contributed by atoms with Gasteiger partial charge in [-0.3, -0.25) is 9.59 Å². The molecule has 164 valence electrons. The fraction of sp³-hybridized carbons (Fsp3) is 0.667. The molecule has 3 aliphatic rings. The van der Waals surface area contributed by atoms with Crippen LogP contribution in [0.25, 0.3) is 0 Å². The van der Waals surface area contributed by atoms with Crippen molar-refractivity contribution in [2.75, 3.05) is 26.3 Å². The van der Waals surface area contributed by atoms with Crippen molar-refractivity contribution in [3.8, 4) is 11.5 Å². The highest BCUT2D eigenvalue weighted by Gasteiger charge is 2.44. The molecule has 1 saturated carbocycles. The number of piperidine rings is 1. The largest absolute Gasteiger partial charge is 0.486 e. The van der Waals surface area contributed by atoms with Gasteiger partial charge in [-0.05, 0) is 49.3 Å². The van der Waals surface area contributed by atoms with E-state index in [4.69, 9.17) is 9.47 Å². The number of benzene rings is 1. The third kappa shape index (κ3) is 4.28. The van der Waals surface area contributed by atoms with Crippen LogP contribution in [0.2, 0.25) is 0 Å². The topological polar surface area (TPSA) is 67.9 Å². The zero-order valence-electron chi connectivity index (χ0n) is 18.2. The van der Waals surface area contributed by atoms with Gasteiger partial charge in [-0.25, -0.2) is 0 Å². The average Bonchev–Trinajstić information content (AvgIpc) is 3.25. The minimum atomic E-state index is -0.486. The van der Waals surface area contributed by atoms with Crippen molar-refractivity contribution >= 4 is 11.8 Å². The first-order valence-corrected chi connectivity index (χ1v) is 11.5. The van der Waals surface area contributed by atoms with Crippen molar-refractivity contribution < 1.29 is 19.1 Å². The summed E-state index contributed by atoms with van der Waals surface area (Å²) in [7, 11) is 0. The maximum atomic E-state index is 13.5. The Morgan fingerprint density at radius 1 is 1.10 bits per heavy atom. The lowest BCUT2D eigenvalue weighted by Crippen LogP contribution is -2.51. The van der Waals surface area contributed by atoms with Crippen molar-refractivity contribution in [2.45, 2.75) is 70.3 Å². The van der Waals surface area contributed by atoms with Gasteiger partial charge in [0.25, 0.3) is 0 Å². The van der Waals surface area contributed by atoms with Gasteiger partial charge in [0.15, 0.2) is 11.5 Å². The SMILES string of the molecule is CC(C)CC(=O)N1CCC(NC(=O)C2(c3ccc4c(c3)OCCO4)CCCC2)CC1. The number of ether oxygens (including phenoxy) is 2. The van der Waals surface area contributed by atoms with Gasteiger partial charge < -0.3 is 19.7 Å². The van der Waals surface area contributed by atoms with Crippen molar-refractivity contribution in [2.24, 2.45) is 5.92 Å². The van der Waals surface area contributed by atoms with E-state index in [1.54, 1.807) is 0 Å². The van der Waals surface area contributed by atoms with E-state index in [1.807, 2.05) is 23.1 Å². The lowest BCUT2D eigenvalue weighted by molar-refractivity contribution is -0.133. The zero-order chi connectivity index (χ0) is 21.1. The van der Waals surface area contributed by atoms with Crippen LogP contribution in [0.5, 0.6) is 11.5 Å². The summed E-state index contributed by atoms with van der Waals surface area (Å²) >= 11 is 0. The Hall–Kier alpha value is -2.24. The van der Waals surface area contributed by atoms with E-state index < -0.39 is 5.41 Å². The lowest BCUT2D eigenvalue weighted by Gasteiger charge is -2.36. The Morgan fingerprint density at radius 2 is 1.77 bits per heavy atom. The predicted molar refractivity (Wildman–Crippen MR) is 115 cm³/mol. The van der Waals surface area contributed by atoms with Crippen LogP contribution in [0.1, 0.15) is 64.4 Å². The van der Waals surface area contributed by atoms with Gasteiger partial charge in [-0.15, -0.1) is 0 Å². The van der Waals surface area contributed by atoms with Gasteiger partial charge in [-0.2, -0.15) is 0 Å². The summed E-state index contributed by atoms with van der Waals surface area (Å²) in [5.41, 5.74) is 0.548. The molecule has 1 saturated heterocycles. The van der Waals surface area contributed by atoms with E-state index >= 15 is 0 Å². The van der Waals surface area contributed by atoms with Crippen LogP contribution in [0.15, 0.2) is 18.2 Å². The van der Waals surface area contributed by atoms with E-state index in [2.05, 4.69) is 19.2 Å². The Balaban J connectivity index is 1.42. The van der Waals surface area contributed by atoms with Crippen LogP contribution >= 0.6 is 0 Å². The molecule has 0 aromatic heterocycles. The molecule has 30 heavy (non-hydrogen) atoms. The monoisotopic (exact) mass is 414 g/mol. The smallest absolute Gasteiger partial charge is 0.230 e. The molecule has 0 bridgehead atoms. The Kier molecular flexibility index (Phi) is 6.21. The lowest BCUT2D eigenvalue weighted by atomic mass is 9.77. The molecule has 0 spiro atoms. The second-order valence-corrected chi connectivity index (χ2v) is 9.37. The predicted octanol–water partition coefficient (Wildman–Crippen LogP) is 3.42. The minimum absolute atomic E-state index is 0.128. The van der Waals surface area contributed by atoms with Gasteiger partial charge in [0, 0.05) is 25.6 Å². The summed E-state index contributed by atoms with van der Waals surface area (Å²) < 4.78 is 11.4. The third-order valence-electron chi connectivity index (χ3n) is 6.75. The number of carbonyl (C=O) groups excluding carboxylic acids is 2. The first-order chi connectivity index (χ1) is 14.5. The summed E-state index contributed by atoms with van der Waals surface area (Å²) in [5.74, 6) is 2.25. The van der Waals surface area contributed by atoms with Crippen LogP contribution in [0, 0.1) is 5.92 Å². The molecule has 1 aromatic carbocycles. The molecule has 2 fully saturated rings. The molecule has 0 unspecified atom stereocenters. The van der Waals surface area contributed by atoms with Crippen molar-refractivity contribution in [1.29, 1.82) is 0 Å². The molecule has 4 rings (SSSR count). The van der Waals surface area contributed by atoms with Crippen molar-refractivity contribution in [1.82, 2.24) is 10.2 Å². The fourth-order valence-electron chi connectivity index (χ4n) is 5.04. The number of nitrogens with one attached hydrogen (secondary N) is 1. The van der Waals surface area contributed by atoms with Gasteiger partial charge in [-0.1, -0.05) is 32.8 Å². The van der Waals surface area contributed by atoms with Gasteiger partial charge >= 0.3 is 0 Å². The Morgan fingerprint density at radius 3 is 2.43 bits per heavy atom. The molecule has 6 heteroatoms. The molecular weight excluding hydrogens is 380 g/mol. The second kappa shape index (κ2) is 8.86. The number of rotatable bonds is 5. The first kappa shape index (κ1) is 21.0. The molecule has 2 heterocycles. The zero-order valence-corrected chi connectivity index (χ0v) is 18.2. The highest BCUT2D eigenvalue weighted by molar-refractivity contribution is 5.89. The minimum Gasteiger partial charge on any atom is -0.486 e. The van der Waals surface area contributed by atoms with E-state index in [1.165, 1.54) is 0 Å². The van der Waals surface area contributed by atoms with Crippen LogP contribution in [0.4, 0.5) is 0 Å². The third-order valence-corrected chi connectivity index (χ3v) is 6.75. The van der Waals surface area contributed by atoms with Gasteiger partial charge in [0.1, 0.15) is 13.2 Å². The van der Waals surface area contributed by atoms with Crippen LogP contribution in [-0.2, 0) is 15.0 Å². The number of hydrogen-bond acceptors (Lipinski definition) is 4. The Labute approximate surface area is 179 Å². The van der Waals surface area contributed by atoms with Crippen LogP contribution in [0.3, 0.4) is 0 Å². The van der Waals surface area contributed by atoms with E-state index in [0.717, 1.165) is 68.7 Å². The number of fused-ring (bicyclic) bond motifs is 1. The molecule has 0 radical (unpaired) electrons. The van der Waals surface area contributed by atoms with Crippen molar-refractivity contribution in [3.05, 3.63) is 23.8 Å². The molecule has 2 amide bonds. The van der Waals surface area contributed by atoms with E-state index in [-0.39, 0.29) is 17.9 Å². The second-order valence-electron chi connectivity index (χ2n) is 9.37. The number of hydrogen-bond donors (Lipinski definition) is 1. The standard InChI is InChI=1S/C24H34N2O4/c1-17(2)15-22(27)26-11-7-19(8-12-26)25-23(28)24(9-3-4-10-24)18-5-6-20-21(16-18)30-14-13-29-20/h5-6,16-17,19H,3-4,7-15H2,1-2H3,(H,25,28). The molecule has 2 aliphatic heterocycles.